The lowest BCUT2D eigenvalue weighted by Gasteiger charge is -2.12. The summed E-state index contributed by atoms with van der Waals surface area (Å²) in [6.45, 7) is 0. The van der Waals surface area contributed by atoms with Crippen molar-refractivity contribution >= 4 is 39.2 Å². The number of carbonyl (C=O) groups is 1. The Morgan fingerprint density at radius 1 is 1.10 bits per heavy atom. The molecule has 2 aromatic carbocycles. The van der Waals surface area contributed by atoms with Crippen molar-refractivity contribution in [2.75, 3.05) is 0 Å². The molecule has 0 fully saturated rings. The van der Waals surface area contributed by atoms with Gasteiger partial charge in [0.25, 0.3) is 5.56 Å². The van der Waals surface area contributed by atoms with E-state index >= 15 is 0 Å². The number of nitrogens with two attached hydrogens (primary N) is 1. The van der Waals surface area contributed by atoms with Gasteiger partial charge in [-0.15, -0.1) is 11.3 Å². The van der Waals surface area contributed by atoms with E-state index in [0.29, 0.717) is 16.5 Å². The minimum absolute atomic E-state index is 0.0113. The van der Waals surface area contributed by atoms with Gasteiger partial charge in [0, 0.05) is 16.2 Å². The topological polar surface area (TPSA) is 78.0 Å². The van der Waals surface area contributed by atoms with E-state index in [0.717, 1.165) is 40.7 Å². The lowest BCUT2D eigenvalue weighted by atomic mass is 10.1. The maximum absolute atomic E-state index is 13.6. The van der Waals surface area contributed by atoms with E-state index in [1.54, 1.807) is 28.0 Å². The number of benzene rings is 2. The van der Waals surface area contributed by atoms with Crippen molar-refractivity contribution in [1.82, 2.24) is 9.55 Å². The highest BCUT2D eigenvalue weighted by Gasteiger charge is 2.23. The standard InChI is InChI=1S/C23H19N3O2S2/c24-20(27)15-11-9-14(10-12-15)13-29-23-25-21-19(17-7-4-8-18(17)30-21)22(28)26(23)16-5-2-1-3-6-16/h1-3,5-6,9-12H,4,7-8,13H2,(H2,24,27). The summed E-state index contributed by atoms with van der Waals surface area (Å²) in [7, 11) is 0. The van der Waals surface area contributed by atoms with Crippen molar-refractivity contribution in [2.24, 2.45) is 5.73 Å². The Morgan fingerprint density at radius 2 is 1.87 bits per heavy atom. The van der Waals surface area contributed by atoms with E-state index in [-0.39, 0.29) is 5.56 Å². The van der Waals surface area contributed by atoms with Crippen molar-refractivity contribution in [3.05, 3.63) is 86.5 Å². The summed E-state index contributed by atoms with van der Waals surface area (Å²) in [4.78, 5) is 31.9. The third-order valence-electron chi connectivity index (χ3n) is 5.33. The normalized spacial score (nSPS) is 12.9. The molecule has 1 amide bonds. The van der Waals surface area contributed by atoms with Gasteiger partial charge in [0.15, 0.2) is 5.16 Å². The molecule has 0 bridgehead atoms. The van der Waals surface area contributed by atoms with Gasteiger partial charge in [-0.2, -0.15) is 0 Å². The van der Waals surface area contributed by atoms with Crippen LogP contribution in [-0.2, 0) is 18.6 Å². The highest BCUT2D eigenvalue weighted by molar-refractivity contribution is 7.98. The molecule has 150 valence electrons. The summed E-state index contributed by atoms with van der Waals surface area (Å²) < 4.78 is 1.73. The molecule has 0 unspecified atom stereocenters. The third kappa shape index (κ3) is 3.34. The van der Waals surface area contributed by atoms with Crippen LogP contribution < -0.4 is 11.3 Å². The van der Waals surface area contributed by atoms with Crippen LogP contribution in [0, 0.1) is 0 Å². The van der Waals surface area contributed by atoms with E-state index in [1.165, 1.54) is 22.2 Å². The molecular formula is C23H19N3O2S2. The number of rotatable bonds is 5. The van der Waals surface area contributed by atoms with E-state index in [1.807, 2.05) is 42.5 Å². The SMILES string of the molecule is NC(=O)c1ccc(CSc2nc3sc4c(c3c(=O)n2-c2ccccc2)CCC4)cc1. The van der Waals surface area contributed by atoms with Crippen LogP contribution in [0.25, 0.3) is 15.9 Å². The average molecular weight is 434 g/mol. The number of fused-ring (bicyclic) bond motifs is 3. The smallest absolute Gasteiger partial charge is 0.267 e. The maximum Gasteiger partial charge on any atom is 0.267 e. The molecule has 1 aliphatic rings. The second-order valence-corrected chi connectivity index (χ2v) is 9.28. The van der Waals surface area contributed by atoms with E-state index in [4.69, 9.17) is 10.7 Å². The number of thiophene rings is 1. The Hall–Kier alpha value is -2.90. The molecule has 0 atom stereocenters. The predicted octanol–water partition coefficient (Wildman–Crippen LogP) is 4.33. The number of carbonyl (C=O) groups excluding carboxylic acids is 1. The highest BCUT2D eigenvalue weighted by atomic mass is 32.2. The van der Waals surface area contributed by atoms with Crippen molar-refractivity contribution in [1.29, 1.82) is 0 Å². The maximum atomic E-state index is 13.6. The first-order valence-electron chi connectivity index (χ1n) is 9.76. The number of aryl methyl sites for hydroxylation is 2. The Labute approximate surface area is 181 Å². The van der Waals surface area contributed by atoms with Gasteiger partial charge >= 0.3 is 0 Å². The van der Waals surface area contributed by atoms with Gasteiger partial charge in [-0.1, -0.05) is 42.1 Å². The van der Waals surface area contributed by atoms with Crippen LogP contribution in [0.4, 0.5) is 0 Å². The molecule has 2 N–H and O–H groups in total. The van der Waals surface area contributed by atoms with Crippen LogP contribution in [0.5, 0.6) is 0 Å². The summed E-state index contributed by atoms with van der Waals surface area (Å²) >= 11 is 3.18. The fourth-order valence-corrected chi connectivity index (χ4v) is 6.11. The predicted molar refractivity (Wildman–Crippen MR) is 122 cm³/mol. The molecule has 0 aliphatic heterocycles. The van der Waals surface area contributed by atoms with Gasteiger partial charge in [0.1, 0.15) is 4.83 Å². The largest absolute Gasteiger partial charge is 0.366 e. The number of primary amides is 1. The zero-order valence-electron chi connectivity index (χ0n) is 16.1. The molecule has 0 radical (unpaired) electrons. The van der Waals surface area contributed by atoms with E-state index in [9.17, 15) is 9.59 Å². The summed E-state index contributed by atoms with van der Waals surface area (Å²) in [5.74, 6) is 0.194. The molecule has 7 heteroatoms. The van der Waals surface area contributed by atoms with Crippen LogP contribution in [-0.4, -0.2) is 15.5 Å². The first-order chi connectivity index (χ1) is 14.6. The van der Waals surface area contributed by atoms with Crippen LogP contribution in [0.1, 0.15) is 32.8 Å². The van der Waals surface area contributed by atoms with Crippen LogP contribution in [0.3, 0.4) is 0 Å². The third-order valence-corrected chi connectivity index (χ3v) is 7.52. The van der Waals surface area contributed by atoms with Gasteiger partial charge in [-0.3, -0.25) is 14.2 Å². The van der Waals surface area contributed by atoms with Crippen molar-refractivity contribution in [2.45, 2.75) is 30.2 Å². The molecule has 30 heavy (non-hydrogen) atoms. The number of nitrogens with zero attached hydrogens (tertiary/aromatic N) is 2. The number of para-hydroxylation sites is 1. The molecule has 2 heterocycles. The average Bonchev–Trinajstić information content (AvgIpc) is 3.34. The van der Waals surface area contributed by atoms with Crippen LogP contribution >= 0.6 is 23.1 Å². The number of hydrogen-bond acceptors (Lipinski definition) is 5. The van der Waals surface area contributed by atoms with E-state index < -0.39 is 5.91 Å². The second kappa shape index (κ2) is 7.74. The minimum atomic E-state index is -0.440. The molecule has 0 saturated heterocycles. The Morgan fingerprint density at radius 3 is 2.60 bits per heavy atom. The summed E-state index contributed by atoms with van der Waals surface area (Å²) in [6.07, 6.45) is 3.11. The quantitative estimate of drug-likeness (QED) is 0.375. The van der Waals surface area contributed by atoms with E-state index in [2.05, 4.69) is 0 Å². The molecule has 0 spiro atoms. The number of hydrogen-bond donors (Lipinski definition) is 1. The molecule has 0 saturated carbocycles. The van der Waals surface area contributed by atoms with Crippen molar-refractivity contribution < 1.29 is 4.79 Å². The second-order valence-electron chi connectivity index (χ2n) is 7.26. The molecule has 4 aromatic rings. The zero-order valence-corrected chi connectivity index (χ0v) is 17.8. The first kappa shape index (κ1) is 19.1. The highest BCUT2D eigenvalue weighted by Crippen LogP contribution is 2.36. The van der Waals surface area contributed by atoms with Gasteiger partial charge in [-0.05, 0) is 54.7 Å². The van der Waals surface area contributed by atoms with Gasteiger partial charge in [0.05, 0.1) is 11.1 Å². The van der Waals surface area contributed by atoms with Crippen molar-refractivity contribution in [3.8, 4) is 5.69 Å². The molecule has 5 rings (SSSR count). The minimum Gasteiger partial charge on any atom is -0.366 e. The van der Waals surface area contributed by atoms with Crippen LogP contribution in [0.2, 0.25) is 0 Å². The summed E-state index contributed by atoms with van der Waals surface area (Å²) in [6, 6.07) is 16.9. The Bertz CT molecular complexity index is 1310. The molecule has 1 aliphatic carbocycles. The zero-order chi connectivity index (χ0) is 20.7. The lowest BCUT2D eigenvalue weighted by Crippen LogP contribution is -2.21. The Kier molecular flexibility index (Phi) is 4.92. The number of aromatic nitrogens is 2. The van der Waals surface area contributed by atoms with Crippen molar-refractivity contribution in [3.63, 3.8) is 0 Å². The fraction of sp³-hybridized carbons (Fsp3) is 0.174. The van der Waals surface area contributed by atoms with Gasteiger partial charge in [-0.25, -0.2) is 4.98 Å². The van der Waals surface area contributed by atoms with Gasteiger partial charge in [0.2, 0.25) is 5.91 Å². The summed E-state index contributed by atoms with van der Waals surface area (Å²) in [5.41, 5.74) is 8.86. The monoisotopic (exact) mass is 433 g/mol. The fourth-order valence-electron chi connectivity index (χ4n) is 3.84. The molecule has 2 aromatic heterocycles. The van der Waals surface area contributed by atoms with Gasteiger partial charge < -0.3 is 5.73 Å². The first-order valence-corrected chi connectivity index (χ1v) is 11.6. The lowest BCUT2D eigenvalue weighted by molar-refractivity contribution is 0.100. The molecule has 5 nitrogen and oxygen atoms in total. The summed E-state index contributed by atoms with van der Waals surface area (Å²) in [5, 5.41) is 1.46. The number of amides is 1. The molecular weight excluding hydrogens is 414 g/mol. The number of thioether (sulfide) groups is 1. The van der Waals surface area contributed by atoms with Crippen LogP contribution in [0.15, 0.2) is 64.5 Å². The Balaban J connectivity index is 1.58.